The molecule has 1 amide bonds. The zero-order chi connectivity index (χ0) is 17.0. The van der Waals surface area contributed by atoms with E-state index in [0.717, 1.165) is 19.0 Å². The molecule has 0 unspecified atom stereocenters. The van der Waals surface area contributed by atoms with E-state index in [0.29, 0.717) is 23.3 Å². The number of carbonyl (C=O) groups excluding carboxylic acids is 1. The quantitative estimate of drug-likeness (QED) is 0.869. The van der Waals surface area contributed by atoms with Crippen molar-refractivity contribution in [2.45, 2.75) is 26.7 Å². The van der Waals surface area contributed by atoms with Gasteiger partial charge in [0.1, 0.15) is 11.6 Å². The van der Waals surface area contributed by atoms with Gasteiger partial charge in [0.05, 0.1) is 12.2 Å². The molecule has 0 radical (unpaired) electrons. The SMILES string of the molecule is CCOc1cc(F)ccc1C(=O)N1CC2(CC(C)C2)C1.O=CO. The van der Waals surface area contributed by atoms with Gasteiger partial charge in [0, 0.05) is 24.6 Å². The van der Waals surface area contributed by atoms with Crippen LogP contribution in [0.2, 0.25) is 0 Å². The van der Waals surface area contributed by atoms with E-state index in [4.69, 9.17) is 14.6 Å². The van der Waals surface area contributed by atoms with E-state index in [1.54, 1.807) is 0 Å². The van der Waals surface area contributed by atoms with Gasteiger partial charge < -0.3 is 14.7 Å². The van der Waals surface area contributed by atoms with Crippen LogP contribution in [0.3, 0.4) is 0 Å². The van der Waals surface area contributed by atoms with Gasteiger partial charge in [-0.15, -0.1) is 0 Å². The average Bonchev–Trinajstić information content (AvgIpc) is 2.42. The van der Waals surface area contributed by atoms with Crippen LogP contribution in [0.25, 0.3) is 0 Å². The molecule has 0 bridgehead atoms. The smallest absolute Gasteiger partial charge is 0.290 e. The Morgan fingerprint density at radius 3 is 2.61 bits per heavy atom. The van der Waals surface area contributed by atoms with Crippen molar-refractivity contribution in [1.82, 2.24) is 4.90 Å². The zero-order valence-corrected chi connectivity index (χ0v) is 13.4. The molecule has 0 atom stereocenters. The molecule has 1 saturated heterocycles. The van der Waals surface area contributed by atoms with Crippen molar-refractivity contribution in [1.29, 1.82) is 0 Å². The predicted molar refractivity (Wildman–Crippen MR) is 83.0 cm³/mol. The van der Waals surface area contributed by atoms with Gasteiger partial charge in [-0.1, -0.05) is 6.92 Å². The molecule has 23 heavy (non-hydrogen) atoms. The van der Waals surface area contributed by atoms with Crippen molar-refractivity contribution in [2.75, 3.05) is 19.7 Å². The third-order valence-electron chi connectivity index (χ3n) is 4.38. The normalized spacial score (nSPS) is 18.3. The number of ether oxygens (including phenoxy) is 1. The Bertz CT molecular complexity index is 576. The molecule has 2 fully saturated rings. The molecule has 1 spiro atoms. The number of halogens is 1. The number of rotatable bonds is 3. The first-order valence-corrected chi connectivity index (χ1v) is 7.74. The first-order valence-electron chi connectivity index (χ1n) is 7.74. The van der Waals surface area contributed by atoms with Crippen LogP contribution in [0, 0.1) is 17.2 Å². The first-order chi connectivity index (χ1) is 10.9. The van der Waals surface area contributed by atoms with Crippen molar-refractivity contribution >= 4 is 12.4 Å². The van der Waals surface area contributed by atoms with Crippen LogP contribution < -0.4 is 4.74 Å². The van der Waals surface area contributed by atoms with Crippen molar-refractivity contribution in [3.63, 3.8) is 0 Å². The lowest BCUT2D eigenvalue weighted by Crippen LogP contribution is -2.63. The summed E-state index contributed by atoms with van der Waals surface area (Å²) >= 11 is 0. The maximum Gasteiger partial charge on any atom is 0.290 e. The fourth-order valence-corrected chi connectivity index (χ4v) is 3.70. The van der Waals surface area contributed by atoms with E-state index in [2.05, 4.69) is 6.92 Å². The van der Waals surface area contributed by atoms with Gasteiger partial charge in [-0.05, 0) is 37.8 Å². The fourth-order valence-electron chi connectivity index (χ4n) is 3.70. The maximum atomic E-state index is 13.3. The largest absolute Gasteiger partial charge is 0.493 e. The van der Waals surface area contributed by atoms with E-state index < -0.39 is 0 Å². The van der Waals surface area contributed by atoms with Crippen LogP contribution in [0.5, 0.6) is 5.75 Å². The highest BCUT2D eigenvalue weighted by atomic mass is 19.1. The van der Waals surface area contributed by atoms with Gasteiger partial charge in [-0.25, -0.2) is 4.39 Å². The van der Waals surface area contributed by atoms with Crippen molar-refractivity contribution < 1.29 is 23.8 Å². The van der Waals surface area contributed by atoms with Crippen LogP contribution in [-0.4, -0.2) is 42.1 Å². The Hall–Kier alpha value is -2.11. The van der Waals surface area contributed by atoms with Crippen LogP contribution in [-0.2, 0) is 4.79 Å². The number of likely N-dealkylation sites (tertiary alicyclic amines) is 1. The minimum atomic E-state index is -0.377. The average molecular weight is 323 g/mol. The molecule has 1 N–H and O–H groups in total. The summed E-state index contributed by atoms with van der Waals surface area (Å²) in [6, 6.07) is 4.13. The summed E-state index contributed by atoms with van der Waals surface area (Å²) in [6.07, 6.45) is 2.44. The molecule has 2 aliphatic rings. The standard InChI is InChI=1S/C16H20FNO2.CH2O2/c1-3-20-14-6-12(17)4-5-13(14)15(19)18-9-16(10-18)7-11(2)8-16;2-1-3/h4-6,11H,3,7-10H2,1-2H3;1H,(H,2,3). The summed E-state index contributed by atoms with van der Waals surface area (Å²) in [5, 5.41) is 6.89. The number of carboxylic acid groups (broad SMARTS) is 1. The highest BCUT2D eigenvalue weighted by Crippen LogP contribution is 2.52. The molecule has 6 heteroatoms. The second-order valence-corrected chi connectivity index (χ2v) is 6.35. The first kappa shape index (κ1) is 17.2. The van der Waals surface area contributed by atoms with E-state index in [-0.39, 0.29) is 18.2 Å². The lowest BCUT2D eigenvalue weighted by molar-refractivity contribution is -0.122. The third kappa shape index (κ3) is 3.63. The Kier molecular flexibility index (Phi) is 5.23. The molecule has 3 rings (SSSR count). The second-order valence-electron chi connectivity index (χ2n) is 6.35. The highest BCUT2D eigenvalue weighted by Gasteiger charge is 2.52. The maximum absolute atomic E-state index is 13.3. The number of hydrogen-bond acceptors (Lipinski definition) is 3. The second kappa shape index (κ2) is 6.98. The summed E-state index contributed by atoms with van der Waals surface area (Å²) in [7, 11) is 0. The Balaban J connectivity index is 0.000000595. The molecular formula is C17H22FNO4. The zero-order valence-electron chi connectivity index (χ0n) is 13.4. The summed E-state index contributed by atoms with van der Waals surface area (Å²) in [4.78, 5) is 22.7. The Morgan fingerprint density at radius 1 is 1.48 bits per heavy atom. The Morgan fingerprint density at radius 2 is 2.09 bits per heavy atom. The van der Waals surface area contributed by atoms with Crippen LogP contribution >= 0.6 is 0 Å². The van der Waals surface area contributed by atoms with Gasteiger partial charge in [-0.3, -0.25) is 9.59 Å². The molecule has 5 nitrogen and oxygen atoms in total. The van der Waals surface area contributed by atoms with Gasteiger partial charge in [0.25, 0.3) is 12.4 Å². The van der Waals surface area contributed by atoms with Crippen molar-refractivity contribution in [3.05, 3.63) is 29.6 Å². The Labute approximate surface area is 135 Å². The highest BCUT2D eigenvalue weighted by molar-refractivity contribution is 5.97. The van der Waals surface area contributed by atoms with Crippen LogP contribution in [0.15, 0.2) is 18.2 Å². The molecule has 1 heterocycles. The molecule has 1 aliphatic heterocycles. The minimum Gasteiger partial charge on any atom is -0.493 e. The molecular weight excluding hydrogens is 301 g/mol. The topological polar surface area (TPSA) is 66.8 Å². The molecule has 1 saturated carbocycles. The number of amides is 1. The molecule has 126 valence electrons. The predicted octanol–water partition coefficient (Wildman–Crippen LogP) is 2.80. The number of nitrogens with zero attached hydrogens (tertiary/aromatic N) is 1. The number of carbonyl (C=O) groups is 2. The number of hydrogen-bond donors (Lipinski definition) is 1. The van der Waals surface area contributed by atoms with Gasteiger partial charge in [0.15, 0.2) is 0 Å². The van der Waals surface area contributed by atoms with Crippen LogP contribution in [0.1, 0.15) is 37.0 Å². The van der Waals surface area contributed by atoms with Crippen molar-refractivity contribution in [2.24, 2.45) is 11.3 Å². The van der Waals surface area contributed by atoms with Gasteiger partial charge in [-0.2, -0.15) is 0 Å². The van der Waals surface area contributed by atoms with Gasteiger partial charge >= 0.3 is 0 Å². The van der Waals surface area contributed by atoms with E-state index in [1.165, 1.54) is 31.0 Å². The van der Waals surface area contributed by atoms with E-state index in [1.807, 2.05) is 11.8 Å². The third-order valence-corrected chi connectivity index (χ3v) is 4.38. The molecule has 0 aromatic heterocycles. The minimum absolute atomic E-state index is 0.0429. The van der Waals surface area contributed by atoms with Crippen LogP contribution in [0.4, 0.5) is 4.39 Å². The fraction of sp³-hybridized carbons (Fsp3) is 0.529. The number of benzene rings is 1. The molecule has 1 aromatic rings. The monoisotopic (exact) mass is 323 g/mol. The lowest BCUT2D eigenvalue weighted by atomic mass is 9.58. The van der Waals surface area contributed by atoms with Crippen molar-refractivity contribution in [3.8, 4) is 5.75 Å². The summed E-state index contributed by atoms with van der Waals surface area (Å²) in [5.74, 6) is 0.717. The van der Waals surface area contributed by atoms with E-state index in [9.17, 15) is 9.18 Å². The molecule has 1 aliphatic carbocycles. The molecule has 1 aromatic carbocycles. The van der Waals surface area contributed by atoms with E-state index >= 15 is 0 Å². The summed E-state index contributed by atoms with van der Waals surface area (Å²) in [6.45, 7) is 5.92. The lowest BCUT2D eigenvalue weighted by Gasteiger charge is -2.58. The summed E-state index contributed by atoms with van der Waals surface area (Å²) < 4.78 is 18.6. The van der Waals surface area contributed by atoms with Gasteiger partial charge in [0.2, 0.25) is 0 Å². The summed E-state index contributed by atoms with van der Waals surface area (Å²) in [5.41, 5.74) is 0.844.